The number of quaternary nitrogens is 1. The average molecular weight is 369 g/mol. The lowest BCUT2D eigenvalue weighted by Gasteiger charge is -2.41. The quantitative estimate of drug-likeness (QED) is 0.793. The van der Waals surface area contributed by atoms with E-state index >= 15 is 0 Å². The maximum atomic E-state index is 6.14. The lowest BCUT2D eigenvalue weighted by Crippen LogP contribution is -3.16. The van der Waals surface area contributed by atoms with Crippen molar-refractivity contribution >= 4 is 34.6 Å². The van der Waals surface area contributed by atoms with Crippen molar-refractivity contribution in [2.75, 3.05) is 18.4 Å². The van der Waals surface area contributed by atoms with Gasteiger partial charge in [0.25, 0.3) is 0 Å². The van der Waals surface area contributed by atoms with E-state index in [9.17, 15) is 0 Å². The standard InChI is InChI=1S/C19H30ClN3S/c1-13(2)22-10-8-17(9-11-22)23(14(3)4)19(24)21-18-12-16(20)7-6-15(18)5/h6-7,12-14,17H,8-11H2,1-5H3,(H,21,24)/p+1. The molecule has 0 radical (unpaired) electrons. The largest absolute Gasteiger partial charge is 0.343 e. The Morgan fingerprint density at radius 2 is 1.88 bits per heavy atom. The summed E-state index contributed by atoms with van der Waals surface area (Å²) in [5, 5.41) is 4.98. The molecule has 2 N–H and O–H groups in total. The van der Waals surface area contributed by atoms with E-state index in [-0.39, 0.29) is 0 Å². The fourth-order valence-electron chi connectivity index (χ4n) is 3.56. The van der Waals surface area contributed by atoms with Gasteiger partial charge in [0.05, 0.1) is 19.1 Å². The number of benzene rings is 1. The minimum absolute atomic E-state index is 0.384. The second-order valence-electron chi connectivity index (χ2n) is 7.43. The molecule has 0 bridgehead atoms. The van der Waals surface area contributed by atoms with E-state index < -0.39 is 0 Å². The molecular formula is C19H31ClN3S+. The number of halogens is 1. The average Bonchev–Trinajstić information content (AvgIpc) is 2.51. The summed E-state index contributed by atoms with van der Waals surface area (Å²) in [5.74, 6) is 0. The molecule has 1 aliphatic rings. The number of thiocarbonyl (C=S) groups is 1. The molecule has 24 heavy (non-hydrogen) atoms. The van der Waals surface area contributed by atoms with Gasteiger partial charge < -0.3 is 15.1 Å². The van der Waals surface area contributed by atoms with Crippen LogP contribution in [0.3, 0.4) is 0 Å². The number of hydrogen-bond donors (Lipinski definition) is 2. The molecular weight excluding hydrogens is 338 g/mol. The maximum absolute atomic E-state index is 6.14. The van der Waals surface area contributed by atoms with Gasteiger partial charge in [-0.25, -0.2) is 0 Å². The van der Waals surface area contributed by atoms with Crippen molar-refractivity contribution in [2.24, 2.45) is 0 Å². The van der Waals surface area contributed by atoms with Crippen LogP contribution in [0.15, 0.2) is 18.2 Å². The Morgan fingerprint density at radius 1 is 1.25 bits per heavy atom. The van der Waals surface area contributed by atoms with Gasteiger partial charge in [0.15, 0.2) is 5.11 Å². The number of anilines is 1. The first-order valence-corrected chi connectivity index (χ1v) is 9.78. The number of likely N-dealkylation sites (tertiary alicyclic amines) is 1. The molecule has 1 heterocycles. The normalized spacial score (nSPS) is 21.2. The molecule has 1 aliphatic heterocycles. The summed E-state index contributed by atoms with van der Waals surface area (Å²) >= 11 is 11.9. The highest BCUT2D eigenvalue weighted by atomic mass is 35.5. The molecule has 0 saturated carbocycles. The van der Waals surface area contributed by atoms with E-state index in [0.717, 1.165) is 21.4 Å². The van der Waals surface area contributed by atoms with Crippen LogP contribution in [-0.4, -0.2) is 41.2 Å². The van der Waals surface area contributed by atoms with Gasteiger partial charge in [-0.3, -0.25) is 0 Å². The predicted molar refractivity (Wildman–Crippen MR) is 108 cm³/mol. The molecule has 1 saturated heterocycles. The number of hydrogen-bond acceptors (Lipinski definition) is 1. The molecule has 3 nitrogen and oxygen atoms in total. The van der Waals surface area contributed by atoms with Crippen LogP contribution in [-0.2, 0) is 0 Å². The molecule has 1 aromatic carbocycles. The second kappa shape index (κ2) is 8.50. The van der Waals surface area contributed by atoms with Gasteiger partial charge in [-0.05, 0) is 64.5 Å². The highest BCUT2D eigenvalue weighted by molar-refractivity contribution is 7.80. The van der Waals surface area contributed by atoms with Gasteiger partial charge in [0.1, 0.15) is 0 Å². The Hall–Kier alpha value is -0.840. The van der Waals surface area contributed by atoms with E-state index in [2.05, 4.69) is 44.8 Å². The SMILES string of the molecule is Cc1ccc(Cl)cc1NC(=S)N(C(C)C)C1CC[NH+](C(C)C)CC1. The van der Waals surface area contributed by atoms with Gasteiger partial charge in [-0.15, -0.1) is 0 Å². The van der Waals surface area contributed by atoms with Gasteiger partial charge >= 0.3 is 0 Å². The van der Waals surface area contributed by atoms with E-state index in [1.54, 1.807) is 4.90 Å². The van der Waals surface area contributed by atoms with Crippen molar-refractivity contribution in [1.82, 2.24) is 4.90 Å². The zero-order valence-electron chi connectivity index (χ0n) is 15.5. The summed E-state index contributed by atoms with van der Waals surface area (Å²) in [5.41, 5.74) is 2.16. The summed E-state index contributed by atoms with van der Waals surface area (Å²) in [7, 11) is 0. The second-order valence-corrected chi connectivity index (χ2v) is 8.26. The first kappa shape index (κ1) is 19.5. The summed E-state index contributed by atoms with van der Waals surface area (Å²) in [6.45, 7) is 13.6. The van der Waals surface area contributed by atoms with Crippen molar-refractivity contribution in [3.8, 4) is 0 Å². The van der Waals surface area contributed by atoms with Crippen molar-refractivity contribution in [3.63, 3.8) is 0 Å². The number of aryl methyl sites for hydroxylation is 1. The lowest BCUT2D eigenvalue weighted by atomic mass is 10.0. The van der Waals surface area contributed by atoms with Gasteiger partial charge in [0.2, 0.25) is 0 Å². The van der Waals surface area contributed by atoms with Crippen molar-refractivity contribution in [3.05, 3.63) is 28.8 Å². The van der Waals surface area contributed by atoms with Crippen molar-refractivity contribution in [2.45, 2.75) is 65.6 Å². The summed E-state index contributed by atoms with van der Waals surface area (Å²) < 4.78 is 0. The number of rotatable bonds is 4. The first-order chi connectivity index (χ1) is 11.3. The van der Waals surface area contributed by atoms with E-state index in [0.29, 0.717) is 18.1 Å². The topological polar surface area (TPSA) is 19.7 Å². The third-order valence-corrected chi connectivity index (χ3v) is 5.59. The fourth-order valence-corrected chi connectivity index (χ4v) is 4.20. The van der Waals surface area contributed by atoms with E-state index in [1.807, 2.05) is 18.2 Å². The predicted octanol–water partition coefficient (Wildman–Crippen LogP) is 3.51. The van der Waals surface area contributed by atoms with Gasteiger partial charge in [-0.2, -0.15) is 0 Å². The van der Waals surface area contributed by atoms with E-state index in [4.69, 9.17) is 23.8 Å². The first-order valence-electron chi connectivity index (χ1n) is 8.99. The summed E-state index contributed by atoms with van der Waals surface area (Å²) in [4.78, 5) is 4.09. The number of piperidine rings is 1. The van der Waals surface area contributed by atoms with Crippen LogP contribution in [0.5, 0.6) is 0 Å². The fraction of sp³-hybridized carbons (Fsp3) is 0.632. The maximum Gasteiger partial charge on any atom is 0.173 e. The third-order valence-electron chi connectivity index (χ3n) is 5.04. The molecule has 0 atom stereocenters. The Bertz CT molecular complexity index is 566. The highest BCUT2D eigenvalue weighted by Crippen LogP contribution is 2.22. The third kappa shape index (κ3) is 4.84. The highest BCUT2D eigenvalue weighted by Gasteiger charge is 2.30. The van der Waals surface area contributed by atoms with Crippen LogP contribution >= 0.6 is 23.8 Å². The molecule has 1 fully saturated rings. The van der Waals surface area contributed by atoms with Crippen LogP contribution in [0.2, 0.25) is 5.02 Å². The monoisotopic (exact) mass is 368 g/mol. The van der Waals surface area contributed by atoms with Gasteiger partial charge in [-0.1, -0.05) is 17.7 Å². The smallest absolute Gasteiger partial charge is 0.173 e. The molecule has 2 rings (SSSR count). The van der Waals surface area contributed by atoms with Gasteiger partial charge in [0, 0.05) is 35.6 Å². The summed E-state index contributed by atoms with van der Waals surface area (Å²) in [6.07, 6.45) is 2.39. The molecule has 0 amide bonds. The van der Waals surface area contributed by atoms with E-state index in [1.165, 1.54) is 25.9 Å². The summed E-state index contributed by atoms with van der Waals surface area (Å²) in [6, 6.07) is 7.50. The molecule has 0 spiro atoms. The Morgan fingerprint density at radius 3 is 2.42 bits per heavy atom. The molecule has 134 valence electrons. The Kier molecular flexibility index (Phi) is 6.90. The van der Waals surface area contributed by atoms with Crippen LogP contribution in [0.1, 0.15) is 46.1 Å². The zero-order chi connectivity index (χ0) is 17.9. The van der Waals surface area contributed by atoms with Crippen LogP contribution in [0.4, 0.5) is 5.69 Å². The minimum Gasteiger partial charge on any atom is -0.343 e. The molecule has 0 aliphatic carbocycles. The number of nitrogens with one attached hydrogen (secondary N) is 2. The molecule has 1 aromatic rings. The van der Waals surface area contributed by atoms with Crippen LogP contribution < -0.4 is 10.2 Å². The number of nitrogens with zero attached hydrogens (tertiary/aromatic N) is 1. The van der Waals surface area contributed by atoms with Crippen molar-refractivity contribution in [1.29, 1.82) is 0 Å². The zero-order valence-corrected chi connectivity index (χ0v) is 17.1. The van der Waals surface area contributed by atoms with Crippen LogP contribution in [0, 0.1) is 6.92 Å². The lowest BCUT2D eigenvalue weighted by molar-refractivity contribution is -0.926. The molecule has 5 heteroatoms. The minimum atomic E-state index is 0.384. The molecule has 0 aromatic heterocycles. The Balaban J connectivity index is 2.07. The molecule has 0 unspecified atom stereocenters. The Labute approximate surface area is 157 Å². The van der Waals surface area contributed by atoms with Crippen LogP contribution in [0.25, 0.3) is 0 Å². The van der Waals surface area contributed by atoms with Crippen molar-refractivity contribution < 1.29 is 4.90 Å².